The lowest BCUT2D eigenvalue weighted by atomic mass is 10.4. The highest BCUT2D eigenvalue weighted by atomic mass is 79.9. The zero-order valence-corrected chi connectivity index (χ0v) is 9.42. The molecule has 0 amide bonds. The van der Waals surface area contributed by atoms with Gasteiger partial charge < -0.3 is 4.42 Å². The molecule has 2 rings (SSSR count). The summed E-state index contributed by atoms with van der Waals surface area (Å²) >= 11 is 6.43. The van der Waals surface area contributed by atoms with Gasteiger partial charge in [0.15, 0.2) is 6.39 Å². The van der Waals surface area contributed by atoms with E-state index in [1.165, 1.54) is 6.39 Å². The molecule has 1 aromatic carbocycles. The summed E-state index contributed by atoms with van der Waals surface area (Å²) in [5, 5.41) is 0. The molecule has 1 heterocycles. The van der Waals surface area contributed by atoms with Crippen LogP contribution in [0.3, 0.4) is 0 Å². The number of halogens is 2. The van der Waals surface area contributed by atoms with Crippen LogP contribution >= 0.6 is 31.9 Å². The molecule has 5 heteroatoms. The van der Waals surface area contributed by atoms with Crippen LogP contribution in [0.5, 0.6) is 0 Å². The zero-order valence-electron chi connectivity index (χ0n) is 6.25. The van der Waals surface area contributed by atoms with Crippen molar-refractivity contribution in [2.45, 2.75) is 0 Å². The highest BCUT2D eigenvalue weighted by Crippen LogP contribution is 2.17. The molecule has 0 radical (unpaired) electrons. The summed E-state index contributed by atoms with van der Waals surface area (Å²) in [6, 6.07) is 3.39. The topological polar surface area (TPSA) is 43.1 Å². The Hall–Kier alpha value is -0.680. The van der Waals surface area contributed by atoms with E-state index in [4.69, 9.17) is 4.42 Å². The number of hydrogen-bond acceptors (Lipinski definition) is 3. The van der Waals surface area contributed by atoms with Gasteiger partial charge in [-0.25, -0.2) is 4.98 Å². The number of rotatable bonds is 0. The number of hydrogen-bond donors (Lipinski definition) is 0. The van der Waals surface area contributed by atoms with Gasteiger partial charge in [0, 0.05) is 4.47 Å². The van der Waals surface area contributed by atoms with E-state index in [0.29, 0.717) is 9.99 Å². The van der Waals surface area contributed by atoms with Gasteiger partial charge in [-0.1, -0.05) is 15.9 Å². The third kappa shape index (κ3) is 1.53. The predicted octanol–water partition coefficient (Wildman–Crippen LogP) is 2.71. The van der Waals surface area contributed by atoms with Gasteiger partial charge in [0.25, 0.3) is 0 Å². The standard InChI is InChI=1S/C8H3Br2NO2/c9-4-1-5(10)7(12)8-6(2-4)11-3-13-8/h1-3H. The van der Waals surface area contributed by atoms with Crippen molar-refractivity contribution in [3.63, 3.8) is 0 Å². The van der Waals surface area contributed by atoms with E-state index in [-0.39, 0.29) is 11.0 Å². The Labute approximate surface area is 90.0 Å². The first kappa shape index (κ1) is 8.90. The maximum absolute atomic E-state index is 11.5. The highest BCUT2D eigenvalue weighted by Gasteiger charge is 2.05. The van der Waals surface area contributed by atoms with Crippen LogP contribution in [0.25, 0.3) is 11.1 Å². The second-order valence-corrected chi connectivity index (χ2v) is 4.19. The number of fused-ring (bicyclic) bond motifs is 1. The molecule has 0 aliphatic heterocycles. The minimum absolute atomic E-state index is 0.196. The zero-order chi connectivity index (χ0) is 9.42. The van der Waals surface area contributed by atoms with Crippen molar-refractivity contribution in [3.05, 3.63) is 37.7 Å². The van der Waals surface area contributed by atoms with Gasteiger partial charge in [0.2, 0.25) is 11.0 Å². The van der Waals surface area contributed by atoms with Crippen LogP contribution in [0.2, 0.25) is 0 Å². The minimum atomic E-state index is -0.196. The smallest absolute Gasteiger partial charge is 0.237 e. The van der Waals surface area contributed by atoms with Crippen LogP contribution in [0.4, 0.5) is 0 Å². The van der Waals surface area contributed by atoms with Crippen molar-refractivity contribution >= 4 is 43.0 Å². The Bertz CT molecular complexity index is 521. The van der Waals surface area contributed by atoms with E-state index < -0.39 is 0 Å². The van der Waals surface area contributed by atoms with E-state index in [2.05, 4.69) is 36.8 Å². The highest BCUT2D eigenvalue weighted by molar-refractivity contribution is 9.11. The van der Waals surface area contributed by atoms with Crippen LogP contribution in [0.1, 0.15) is 0 Å². The average Bonchev–Trinajstić information content (AvgIpc) is 2.47. The Morgan fingerprint density at radius 3 is 2.85 bits per heavy atom. The first-order valence-electron chi connectivity index (χ1n) is 3.41. The van der Waals surface area contributed by atoms with Gasteiger partial charge in [-0.15, -0.1) is 0 Å². The third-order valence-electron chi connectivity index (χ3n) is 1.56. The Morgan fingerprint density at radius 1 is 1.31 bits per heavy atom. The van der Waals surface area contributed by atoms with Crippen molar-refractivity contribution in [2.75, 3.05) is 0 Å². The summed E-state index contributed by atoms with van der Waals surface area (Å²) in [5.41, 5.74) is 0.610. The molecule has 0 bridgehead atoms. The molecule has 0 spiro atoms. The van der Waals surface area contributed by atoms with Crippen molar-refractivity contribution in [1.29, 1.82) is 0 Å². The van der Waals surface area contributed by atoms with Crippen molar-refractivity contribution in [2.24, 2.45) is 0 Å². The molecule has 0 aliphatic carbocycles. The molecule has 0 N–H and O–H groups in total. The number of aromatic nitrogens is 1. The lowest BCUT2D eigenvalue weighted by Gasteiger charge is -1.78. The lowest BCUT2D eigenvalue weighted by molar-refractivity contribution is 0.599. The van der Waals surface area contributed by atoms with E-state index in [0.717, 1.165) is 4.47 Å². The van der Waals surface area contributed by atoms with E-state index in [1.807, 2.05) is 0 Å². The monoisotopic (exact) mass is 303 g/mol. The van der Waals surface area contributed by atoms with Gasteiger partial charge in [0.1, 0.15) is 5.52 Å². The normalized spacial score (nSPS) is 10.6. The Morgan fingerprint density at radius 2 is 2.08 bits per heavy atom. The summed E-state index contributed by atoms with van der Waals surface area (Å²) < 4.78 is 6.20. The predicted molar refractivity (Wildman–Crippen MR) is 55.7 cm³/mol. The van der Waals surface area contributed by atoms with E-state index in [9.17, 15) is 4.79 Å². The molecule has 13 heavy (non-hydrogen) atoms. The average molecular weight is 305 g/mol. The summed E-state index contributed by atoms with van der Waals surface area (Å²) in [7, 11) is 0. The van der Waals surface area contributed by atoms with Crippen LogP contribution in [-0.2, 0) is 0 Å². The van der Waals surface area contributed by atoms with Crippen molar-refractivity contribution in [3.8, 4) is 0 Å². The van der Waals surface area contributed by atoms with Gasteiger partial charge in [-0.2, -0.15) is 0 Å². The molecule has 0 saturated heterocycles. The van der Waals surface area contributed by atoms with Crippen molar-refractivity contribution < 1.29 is 4.42 Å². The molecule has 0 aliphatic rings. The molecule has 0 atom stereocenters. The summed E-state index contributed by atoms with van der Waals surface area (Å²) in [6.45, 7) is 0. The molecule has 3 nitrogen and oxygen atoms in total. The van der Waals surface area contributed by atoms with Crippen LogP contribution in [0.15, 0.2) is 36.7 Å². The van der Waals surface area contributed by atoms with Crippen LogP contribution in [-0.4, -0.2) is 4.98 Å². The SMILES string of the molecule is O=c1c(Br)cc(Br)cc2ncoc12. The molecule has 0 saturated carbocycles. The molecule has 66 valence electrons. The fraction of sp³-hybridized carbons (Fsp3) is 0. The lowest BCUT2D eigenvalue weighted by Crippen LogP contribution is -1.96. The Balaban J connectivity index is 3.08. The molecule has 1 aromatic heterocycles. The van der Waals surface area contributed by atoms with Gasteiger partial charge in [-0.3, -0.25) is 4.79 Å². The van der Waals surface area contributed by atoms with Crippen molar-refractivity contribution in [1.82, 2.24) is 4.98 Å². The number of oxazole rings is 1. The van der Waals surface area contributed by atoms with Gasteiger partial charge >= 0.3 is 0 Å². The third-order valence-corrected chi connectivity index (χ3v) is 2.60. The fourth-order valence-corrected chi connectivity index (χ4v) is 2.17. The molecule has 2 aromatic rings. The largest absolute Gasteiger partial charge is 0.439 e. The second kappa shape index (κ2) is 3.23. The van der Waals surface area contributed by atoms with Crippen LogP contribution < -0.4 is 5.43 Å². The maximum atomic E-state index is 11.5. The van der Waals surface area contributed by atoms with Gasteiger partial charge in [0.05, 0.1) is 4.47 Å². The quantitative estimate of drug-likeness (QED) is 0.751. The summed E-state index contributed by atoms with van der Waals surface area (Å²) in [5.74, 6) is 0. The molecular weight excluding hydrogens is 302 g/mol. The Kier molecular flexibility index (Phi) is 2.21. The molecular formula is C8H3Br2NO2. The first-order valence-corrected chi connectivity index (χ1v) is 4.99. The van der Waals surface area contributed by atoms with Gasteiger partial charge in [-0.05, 0) is 28.1 Å². The van der Waals surface area contributed by atoms with E-state index >= 15 is 0 Å². The summed E-state index contributed by atoms with van der Waals surface area (Å²) in [4.78, 5) is 15.4. The fourth-order valence-electron chi connectivity index (χ4n) is 0.995. The van der Waals surface area contributed by atoms with E-state index in [1.54, 1.807) is 12.1 Å². The van der Waals surface area contributed by atoms with Crippen LogP contribution in [0, 0.1) is 0 Å². The summed E-state index contributed by atoms with van der Waals surface area (Å²) in [6.07, 6.45) is 1.25. The first-order chi connectivity index (χ1) is 6.18. The molecule has 0 fully saturated rings. The second-order valence-electron chi connectivity index (χ2n) is 2.42. The molecule has 0 unspecified atom stereocenters. The minimum Gasteiger partial charge on any atom is -0.439 e. The maximum Gasteiger partial charge on any atom is 0.237 e. The number of nitrogens with zero attached hydrogens (tertiary/aromatic N) is 1.